The molecule has 0 saturated carbocycles. The Morgan fingerprint density at radius 3 is 2.81 bits per heavy atom. The summed E-state index contributed by atoms with van der Waals surface area (Å²) < 4.78 is 4.96. The van der Waals surface area contributed by atoms with E-state index in [1.807, 2.05) is 0 Å². The lowest BCUT2D eigenvalue weighted by Gasteiger charge is -2.09. The molecule has 1 aromatic rings. The minimum absolute atomic E-state index is 0.0860. The summed E-state index contributed by atoms with van der Waals surface area (Å²) in [7, 11) is 0. The maximum Gasteiger partial charge on any atom is 0.325 e. The van der Waals surface area contributed by atoms with Crippen LogP contribution in [-0.4, -0.2) is 16.2 Å². The second kappa shape index (κ2) is 5.05. The third kappa shape index (κ3) is 2.65. The van der Waals surface area contributed by atoms with Crippen molar-refractivity contribution < 1.29 is 19.7 Å². The van der Waals surface area contributed by atoms with Gasteiger partial charge in [0.15, 0.2) is 0 Å². The number of ether oxygens (including phenoxy) is 1. The first-order valence-electron chi connectivity index (χ1n) is 4.46. The summed E-state index contributed by atoms with van der Waals surface area (Å²) in [5.74, 6) is 1.44. The normalized spacial score (nSPS) is 11.1. The van der Waals surface area contributed by atoms with Crippen LogP contribution in [0.2, 0.25) is 0 Å². The van der Waals surface area contributed by atoms with Gasteiger partial charge in [-0.05, 0) is 18.2 Å². The van der Waals surface area contributed by atoms with Crippen LogP contribution in [0.1, 0.15) is 18.5 Å². The van der Waals surface area contributed by atoms with Gasteiger partial charge in [0, 0.05) is 12.5 Å². The molecule has 5 heteroatoms. The van der Waals surface area contributed by atoms with Crippen LogP contribution in [0.5, 0.6) is 11.5 Å². The van der Waals surface area contributed by atoms with Crippen molar-refractivity contribution in [2.24, 2.45) is 5.73 Å². The number of carbonyl (C=O) groups is 1. The molecule has 0 aliphatic carbocycles. The molecule has 0 saturated heterocycles. The van der Waals surface area contributed by atoms with E-state index in [-0.39, 0.29) is 11.3 Å². The van der Waals surface area contributed by atoms with Crippen LogP contribution in [0, 0.1) is 12.0 Å². The van der Waals surface area contributed by atoms with E-state index in [1.165, 1.54) is 18.2 Å². The minimum atomic E-state index is -1.29. The van der Waals surface area contributed by atoms with Crippen molar-refractivity contribution in [3.05, 3.63) is 23.8 Å². The number of aliphatic carboxylic acids is 1. The summed E-state index contributed by atoms with van der Waals surface area (Å²) >= 11 is 0. The molecule has 0 radical (unpaired) electrons. The van der Waals surface area contributed by atoms with Gasteiger partial charge in [-0.15, -0.1) is 0 Å². The molecule has 0 amide bonds. The van der Waals surface area contributed by atoms with Crippen molar-refractivity contribution in [3.8, 4) is 23.5 Å². The van der Waals surface area contributed by atoms with E-state index in [9.17, 15) is 9.90 Å². The van der Waals surface area contributed by atoms with Crippen molar-refractivity contribution in [1.82, 2.24) is 0 Å². The molecule has 1 aromatic carbocycles. The Morgan fingerprint density at radius 2 is 2.25 bits per heavy atom. The number of phenols is 1. The van der Waals surface area contributed by atoms with E-state index in [0.29, 0.717) is 5.75 Å². The second-order valence-electron chi connectivity index (χ2n) is 2.99. The number of hydrogen-bond donors (Lipinski definition) is 3. The van der Waals surface area contributed by atoms with Gasteiger partial charge in [0.05, 0.1) is 0 Å². The van der Waals surface area contributed by atoms with Gasteiger partial charge in [-0.2, -0.15) is 0 Å². The Bertz CT molecular complexity index is 459. The Labute approximate surface area is 92.5 Å². The highest BCUT2D eigenvalue weighted by molar-refractivity contribution is 5.76. The van der Waals surface area contributed by atoms with E-state index in [0.717, 1.165) is 0 Å². The van der Waals surface area contributed by atoms with Gasteiger partial charge in [-0.3, -0.25) is 4.79 Å². The van der Waals surface area contributed by atoms with Gasteiger partial charge in [0.1, 0.15) is 23.6 Å². The topological polar surface area (TPSA) is 92.8 Å². The van der Waals surface area contributed by atoms with Gasteiger partial charge < -0.3 is 20.7 Å². The maximum absolute atomic E-state index is 10.7. The molecule has 16 heavy (non-hydrogen) atoms. The van der Waals surface area contributed by atoms with E-state index in [4.69, 9.17) is 15.6 Å². The number of rotatable bonds is 3. The fourth-order valence-corrected chi connectivity index (χ4v) is 1.09. The van der Waals surface area contributed by atoms with E-state index in [2.05, 4.69) is 12.0 Å². The Morgan fingerprint density at radius 1 is 1.56 bits per heavy atom. The van der Waals surface area contributed by atoms with Crippen molar-refractivity contribution in [2.45, 2.75) is 13.0 Å². The average molecular weight is 221 g/mol. The number of nitrogens with two attached hydrogens (primary N) is 1. The van der Waals surface area contributed by atoms with Crippen LogP contribution in [0.4, 0.5) is 0 Å². The monoisotopic (exact) mass is 221 g/mol. The van der Waals surface area contributed by atoms with E-state index < -0.39 is 12.0 Å². The van der Waals surface area contributed by atoms with Crippen molar-refractivity contribution in [2.75, 3.05) is 0 Å². The van der Waals surface area contributed by atoms with Crippen LogP contribution in [0.3, 0.4) is 0 Å². The van der Waals surface area contributed by atoms with E-state index >= 15 is 0 Å². The van der Waals surface area contributed by atoms with Crippen molar-refractivity contribution in [1.29, 1.82) is 0 Å². The lowest BCUT2D eigenvalue weighted by Crippen LogP contribution is -2.20. The summed E-state index contributed by atoms with van der Waals surface area (Å²) in [6.45, 7) is 1.60. The Balaban J connectivity index is 3.06. The molecule has 0 fully saturated rings. The zero-order chi connectivity index (χ0) is 12.1. The van der Waals surface area contributed by atoms with Gasteiger partial charge in [-0.25, -0.2) is 0 Å². The van der Waals surface area contributed by atoms with Gasteiger partial charge in [0.2, 0.25) is 0 Å². The predicted molar refractivity (Wildman–Crippen MR) is 56.7 cm³/mol. The molecule has 0 aromatic heterocycles. The number of benzene rings is 1. The molecule has 5 nitrogen and oxygen atoms in total. The highest BCUT2D eigenvalue weighted by atomic mass is 16.5. The van der Waals surface area contributed by atoms with Gasteiger partial charge in [-0.1, -0.05) is 5.92 Å². The summed E-state index contributed by atoms with van der Waals surface area (Å²) in [4.78, 5) is 10.7. The Hall–Kier alpha value is -2.19. The average Bonchev–Trinajstić information content (AvgIpc) is 2.27. The Kier molecular flexibility index (Phi) is 3.75. The third-order valence-corrected chi connectivity index (χ3v) is 1.87. The standard InChI is InChI=1S/C11H11NO4/c1-2-5-16-7-3-4-9(13)8(6-7)10(12)11(14)15/h3-4,6,10,13H,12H2,1H3,(H,14,15). The zero-order valence-corrected chi connectivity index (χ0v) is 8.60. The lowest BCUT2D eigenvalue weighted by atomic mass is 10.1. The van der Waals surface area contributed by atoms with Crippen LogP contribution in [0.15, 0.2) is 18.2 Å². The first kappa shape index (κ1) is 11.9. The molecule has 1 atom stereocenters. The van der Waals surface area contributed by atoms with Gasteiger partial charge in [0.25, 0.3) is 0 Å². The number of hydrogen-bond acceptors (Lipinski definition) is 4. The molecule has 0 heterocycles. The fourth-order valence-electron chi connectivity index (χ4n) is 1.09. The second-order valence-corrected chi connectivity index (χ2v) is 2.99. The summed E-state index contributed by atoms with van der Waals surface area (Å²) in [6, 6.07) is 2.83. The third-order valence-electron chi connectivity index (χ3n) is 1.87. The molecule has 0 bridgehead atoms. The number of carboxylic acids is 1. The number of aromatic hydroxyl groups is 1. The number of carboxylic acid groups (broad SMARTS) is 1. The lowest BCUT2D eigenvalue weighted by molar-refractivity contribution is -0.138. The maximum atomic E-state index is 10.7. The molecular weight excluding hydrogens is 210 g/mol. The molecule has 0 spiro atoms. The fraction of sp³-hybridized carbons (Fsp3) is 0.182. The summed E-state index contributed by atoms with van der Waals surface area (Å²) in [5.41, 5.74) is 5.47. The molecule has 0 aliphatic heterocycles. The molecule has 0 aliphatic rings. The van der Waals surface area contributed by atoms with Gasteiger partial charge >= 0.3 is 5.97 Å². The highest BCUT2D eigenvalue weighted by Gasteiger charge is 2.18. The van der Waals surface area contributed by atoms with Crippen LogP contribution in [-0.2, 0) is 4.79 Å². The largest absolute Gasteiger partial charge is 0.508 e. The van der Waals surface area contributed by atoms with Crippen molar-refractivity contribution >= 4 is 5.97 Å². The van der Waals surface area contributed by atoms with Crippen molar-refractivity contribution in [3.63, 3.8) is 0 Å². The van der Waals surface area contributed by atoms with Crippen LogP contribution in [0.25, 0.3) is 0 Å². The smallest absolute Gasteiger partial charge is 0.325 e. The number of phenolic OH excluding ortho intramolecular Hbond substituents is 1. The van der Waals surface area contributed by atoms with Crippen LogP contribution < -0.4 is 10.5 Å². The molecular formula is C11H11NO4. The quantitative estimate of drug-likeness (QED) is 0.657. The summed E-state index contributed by atoms with van der Waals surface area (Å²) in [6.07, 6.45) is 2.36. The SMILES string of the molecule is CC#COc1ccc(O)c(C(N)C(=O)O)c1. The highest BCUT2D eigenvalue weighted by Crippen LogP contribution is 2.27. The zero-order valence-electron chi connectivity index (χ0n) is 8.60. The van der Waals surface area contributed by atoms with Crippen LogP contribution >= 0.6 is 0 Å². The summed E-state index contributed by atoms with van der Waals surface area (Å²) in [5, 5.41) is 18.2. The molecule has 84 valence electrons. The first-order valence-corrected chi connectivity index (χ1v) is 4.46. The van der Waals surface area contributed by atoms with E-state index in [1.54, 1.807) is 6.92 Å². The molecule has 4 N–H and O–H groups in total. The first-order chi connectivity index (χ1) is 7.56. The predicted octanol–water partition coefficient (Wildman–Crippen LogP) is 0.836. The molecule has 1 rings (SSSR count). The molecule has 1 unspecified atom stereocenters. The minimum Gasteiger partial charge on any atom is -0.508 e.